The largest absolute Gasteiger partial charge is 0.467 e. The summed E-state index contributed by atoms with van der Waals surface area (Å²) >= 11 is 0. The summed E-state index contributed by atoms with van der Waals surface area (Å²) in [5.74, 6) is -0.192. The van der Waals surface area contributed by atoms with Gasteiger partial charge in [-0.2, -0.15) is 0 Å². The van der Waals surface area contributed by atoms with Crippen LogP contribution in [0.3, 0.4) is 0 Å². The first-order valence-electron chi connectivity index (χ1n) is 9.60. The third-order valence-corrected chi connectivity index (χ3v) is 8.17. The molecule has 0 aromatic rings. The van der Waals surface area contributed by atoms with Gasteiger partial charge in [0.1, 0.15) is 0 Å². The molecule has 4 unspecified atom stereocenters. The Morgan fingerprint density at radius 1 is 1.31 bits per heavy atom. The van der Waals surface area contributed by atoms with Crippen molar-refractivity contribution in [1.29, 1.82) is 0 Å². The Kier molecular flexibility index (Phi) is 3.81. The Labute approximate surface area is 154 Å². The molecular weight excluding hydrogens is 332 g/mol. The maximum atomic E-state index is 12.4. The number of ether oxygens (including phenoxy) is 1. The molecule has 26 heavy (non-hydrogen) atoms. The van der Waals surface area contributed by atoms with E-state index in [0.717, 1.165) is 24.8 Å². The monoisotopic (exact) mass is 360 g/mol. The number of fused-ring (bicyclic) bond motifs is 5. The van der Waals surface area contributed by atoms with E-state index < -0.39 is 23.1 Å². The molecule has 0 saturated heterocycles. The number of hydrogen-bond donors (Lipinski definition) is 2. The number of rotatable bonds is 1. The van der Waals surface area contributed by atoms with E-state index in [1.807, 2.05) is 13.0 Å². The molecule has 4 aliphatic carbocycles. The van der Waals surface area contributed by atoms with Crippen molar-refractivity contribution in [3.8, 4) is 0 Å². The van der Waals surface area contributed by atoms with Gasteiger partial charge in [-0.15, -0.1) is 0 Å². The number of aliphatic hydroxyl groups is 2. The van der Waals surface area contributed by atoms with E-state index >= 15 is 0 Å². The Hall–Kier alpha value is -1.46. The average molecular weight is 360 g/mol. The molecule has 5 nitrogen and oxygen atoms in total. The SMILES string of the molecule is COC(=O)[C@]1(O)CCC2C3CCC4=CC(=O)C=C[C@]4(C)C3C(O)C[C@@]21C. The lowest BCUT2D eigenvalue weighted by Crippen LogP contribution is -2.61. The van der Waals surface area contributed by atoms with Gasteiger partial charge in [-0.3, -0.25) is 4.79 Å². The third kappa shape index (κ3) is 2.04. The minimum Gasteiger partial charge on any atom is -0.467 e. The zero-order valence-electron chi connectivity index (χ0n) is 15.7. The predicted octanol–water partition coefficient (Wildman–Crippen LogP) is 2.17. The van der Waals surface area contributed by atoms with Crippen molar-refractivity contribution in [2.24, 2.45) is 28.6 Å². The van der Waals surface area contributed by atoms with Crippen molar-refractivity contribution < 1.29 is 24.5 Å². The summed E-state index contributed by atoms with van der Waals surface area (Å²) in [5, 5.41) is 22.4. The van der Waals surface area contributed by atoms with Crippen LogP contribution in [0, 0.1) is 28.6 Å². The molecule has 0 aliphatic heterocycles. The molecule has 0 spiro atoms. The van der Waals surface area contributed by atoms with Crippen LogP contribution in [-0.2, 0) is 14.3 Å². The van der Waals surface area contributed by atoms with Crippen LogP contribution in [0.15, 0.2) is 23.8 Å². The lowest BCUT2D eigenvalue weighted by molar-refractivity contribution is -0.194. The number of hydrogen-bond acceptors (Lipinski definition) is 5. The zero-order valence-corrected chi connectivity index (χ0v) is 15.7. The minimum atomic E-state index is -1.53. The van der Waals surface area contributed by atoms with Gasteiger partial charge in [0.25, 0.3) is 0 Å². The fourth-order valence-corrected chi connectivity index (χ4v) is 6.83. The first-order valence-corrected chi connectivity index (χ1v) is 9.60. The lowest BCUT2D eigenvalue weighted by atomic mass is 9.46. The van der Waals surface area contributed by atoms with Crippen LogP contribution in [0.25, 0.3) is 0 Å². The molecule has 3 fully saturated rings. The van der Waals surface area contributed by atoms with Gasteiger partial charge in [-0.05, 0) is 56.1 Å². The highest BCUT2D eigenvalue weighted by molar-refractivity contribution is 6.01. The highest BCUT2D eigenvalue weighted by Crippen LogP contribution is 2.67. The molecule has 0 bridgehead atoms. The molecule has 0 amide bonds. The number of methoxy groups -OCH3 is 1. The first-order chi connectivity index (χ1) is 12.2. The summed E-state index contributed by atoms with van der Waals surface area (Å²) in [6, 6.07) is 0. The molecule has 4 aliphatic rings. The molecule has 142 valence electrons. The van der Waals surface area contributed by atoms with E-state index in [-0.39, 0.29) is 29.0 Å². The summed E-state index contributed by atoms with van der Waals surface area (Å²) in [5.41, 5.74) is -1.45. The number of allylic oxidation sites excluding steroid dienone is 4. The van der Waals surface area contributed by atoms with E-state index in [2.05, 4.69) is 6.92 Å². The topological polar surface area (TPSA) is 83.8 Å². The van der Waals surface area contributed by atoms with Crippen LogP contribution >= 0.6 is 0 Å². The van der Waals surface area contributed by atoms with Crippen molar-refractivity contribution in [3.05, 3.63) is 23.8 Å². The quantitative estimate of drug-likeness (QED) is 0.700. The molecule has 2 N–H and O–H groups in total. The fraction of sp³-hybridized carbons (Fsp3) is 0.714. The van der Waals surface area contributed by atoms with Crippen LogP contribution in [0.5, 0.6) is 0 Å². The maximum Gasteiger partial charge on any atom is 0.338 e. The molecule has 7 atom stereocenters. The van der Waals surface area contributed by atoms with E-state index in [1.54, 1.807) is 12.2 Å². The summed E-state index contributed by atoms with van der Waals surface area (Å²) in [6.45, 7) is 4.06. The summed E-state index contributed by atoms with van der Waals surface area (Å²) in [4.78, 5) is 24.2. The number of ketones is 1. The minimum absolute atomic E-state index is 0.00456. The van der Waals surface area contributed by atoms with Gasteiger partial charge in [-0.1, -0.05) is 25.5 Å². The molecule has 0 aromatic carbocycles. The number of carbonyl (C=O) groups is 2. The van der Waals surface area contributed by atoms with Crippen LogP contribution < -0.4 is 0 Å². The molecular formula is C21H28O5. The van der Waals surface area contributed by atoms with Crippen LogP contribution in [0.2, 0.25) is 0 Å². The van der Waals surface area contributed by atoms with Crippen molar-refractivity contribution in [2.45, 2.75) is 57.7 Å². The lowest BCUT2D eigenvalue weighted by Gasteiger charge is -2.59. The maximum absolute atomic E-state index is 12.4. The van der Waals surface area contributed by atoms with Gasteiger partial charge >= 0.3 is 5.97 Å². The Balaban J connectivity index is 1.75. The predicted molar refractivity (Wildman–Crippen MR) is 95.0 cm³/mol. The molecule has 3 saturated carbocycles. The van der Waals surface area contributed by atoms with Gasteiger partial charge in [-0.25, -0.2) is 4.79 Å². The number of esters is 1. The standard InChI is InChI=1S/C21H28O5/c1-19-8-6-13(22)10-12(19)4-5-14-15-7-9-21(25,18(24)26-3)20(15,2)11-16(23)17(14)19/h6,8,10,14-17,23,25H,4-5,7,9,11H2,1-3H3/t14?,15?,16?,17?,19-,20-,21+/m0/s1. The van der Waals surface area contributed by atoms with Crippen molar-refractivity contribution in [1.82, 2.24) is 0 Å². The molecule has 0 aromatic heterocycles. The highest BCUT2D eigenvalue weighted by atomic mass is 16.5. The zero-order chi connectivity index (χ0) is 18.9. The third-order valence-electron chi connectivity index (χ3n) is 8.17. The first kappa shape index (κ1) is 17.9. The summed E-state index contributed by atoms with van der Waals surface area (Å²) in [7, 11) is 1.31. The van der Waals surface area contributed by atoms with Gasteiger partial charge in [0, 0.05) is 16.7 Å². The van der Waals surface area contributed by atoms with Gasteiger partial charge < -0.3 is 14.9 Å². The van der Waals surface area contributed by atoms with Gasteiger partial charge in [0.2, 0.25) is 0 Å². The summed E-state index contributed by atoms with van der Waals surface area (Å²) in [6.07, 6.45) is 7.89. The summed E-state index contributed by atoms with van der Waals surface area (Å²) < 4.78 is 4.91. The molecule has 5 heteroatoms. The van der Waals surface area contributed by atoms with E-state index in [0.29, 0.717) is 12.8 Å². The molecule has 0 heterocycles. The van der Waals surface area contributed by atoms with Crippen LogP contribution in [-0.4, -0.2) is 40.8 Å². The van der Waals surface area contributed by atoms with Crippen molar-refractivity contribution in [3.63, 3.8) is 0 Å². The second-order valence-corrected chi connectivity index (χ2v) is 9.10. The fourth-order valence-electron chi connectivity index (χ4n) is 6.83. The second-order valence-electron chi connectivity index (χ2n) is 9.10. The van der Waals surface area contributed by atoms with E-state index in [9.17, 15) is 19.8 Å². The number of aliphatic hydroxyl groups excluding tert-OH is 1. The Bertz CT molecular complexity index is 724. The Morgan fingerprint density at radius 3 is 2.73 bits per heavy atom. The van der Waals surface area contributed by atoms with Gasteiger partial charge in [0.15, 0.2) is 11.4 Å². The number of carbonyl (C=O) groups excluding carboxylic acids is 2. The van der Waals surface area contributed by atoms with E-state index in [1.165, 1.54) is 7.11 Å². The van der Waals surface area contributed by atoms with Crippen molar-refractivity contribution in [2.75, 3.05) is 7.11 Å². The van der Waals surface area contributed by atoms with E-state index in [4.69, 9.17) is 4.74 Å². The molecule has 0 radical (unpaired) electrons. The van der Waals surface area contributed by atoms with Crippen LogP contribution in [0.1, 0.15) is 46.0 Å². The van der Waals surface area contributed by atoms with Gasteiger partial charge in [0.05, 0.1) is 13.2 Å². The van der Waals surface area contributed by atoms with Crippen molar-refractivity contribution >= 4 is 11.8 Å². The average Bonchev–Trinajstić information content (AvgIpc) is 2.86. The normalized spacial score (nSPS) is 49.7. The highest BCUT2D eigenvalue weighted by Gasteiger charge is 2.68. The smallest absolute Gasteiger partial charge is 0.338 e. The molecule has 4 rings (SSSR count). The Morgan fingerprint density at radius 2 is 2.04 bits per heavy atom. The van der Waals surface area contributed by atoms with Crippen LogP contribution in [0.4, 0.5) is 0 Å². The second kappa shape index (κ2) is 5.52.